The number of fused-ring (bicyclic) bond motifs is 2. The van der Waals surface area contributed by atoms with E-state index in [4.69, 9.17) is 4.74 Å². The largest absolute Gasteiger partial charge is 0.430 e. The predicted octanol–water partition coefficient (Wildman–Crippen LogP) is 2.07. The van der Waals surface area contributed by atoms with E-state index in [1.807, 2.05) is 4.90 Å². The lowest BCUT2D eigenvalue weighted by atomic mass is 9.92. The van der Waals surface area contributed by atoms with Crippen LogP contribution in [0.3, 0.4) is 0 Å². The number of morpholine rings is 1. The van der Waals surface area contributed by atoms with E-state index in [0.29, 0.717) is 11.3 Å². The van der Waals surface area contributed by atoms with Crippen molar-refractivity contribution in [3.05, 3.63) is 40.2 Å². The van der Waals surface area contributed by atoms with E-state index in [1.54, 1.807) is 0 Å². The Morgan fingerprint density at radius 3 is 2.16 bits per heavy atom. The number of hydrogen-bond acceptors (Lipinski definition) is 12. The topological polar surface area (TPSA) is 159 Å². The smallest absolute Gasteiger partial charge is 0.378 e. The van der Waals surface area contributed by atoms with E-state index in [2.05, 4.69) is 9.97 Å². The number of aliphatic hydroxyl groups is 1. The first kappa shape index (κ1) is 32.4. The standard InChI is InChI=1S/C23H24F6N6O7S2/c24-22(25,26)21(37,23(27,28)29)13-7-30-20(31-8-13)33-4-3-32(44(40,41)19-2-1-18(43-19)35(38)39)9-16(33)10-34-14-5-17(36)6-15(34)12-42-11-14/h1-2,7-8,14-16,37H,3-6,9-12H2/t14-,15?,16+/m0/s1. The van der Waals surface area contributed by atoms with Crippen molar-refractivity contribution in [2.45, 2.75) is 53.1 Å². The van der Waals surface area contributed by atoms with E-state index in [1.165, 1.54) is 4.90 Å². The summed E-state index contributed by atoms with van der Waals surface area (Å²) in [6.07, 6.45) is -11.5. The summed E-state index contributed by atoms with van der Waals surface area (Å²) < 4.78 is 113. The van der Waals surface area contributed by atoms with Crippen LogP contribution in [-0.4, -0.2) is 113 Å². The van der Waals surface area contributed by atoms with Crippen molar-refractivity contribution in [1.82, 2.24) is 19.2 Å². The minimum atomic E-state index is -6.14. The Kier molecular flexibility index (Phi) is 8.42. The third-order valence-electron chi connectivity index (χ3n) is 7.83. The monoisotopic (exact) mass is 674 g/mol. The van der Waals surface area contributed by atoms with Crippen LogP contribution in [-0.2, 0) is 25.2 Å². The second kappa shape index (κ2) is 11.4. The Balaban J connectivity index is 1.47. The fourth-order valence-corrected chi connectivity index (χ4v) is 8.35. The van der Waals surface area contributed by atoms with Gasteiger partial charge < -0.3 is 14.7 Å². The van der Waals surface area contributed by atoms with Crippen molar-refractivity contribution in [2.75, 3.05) is 44.3 Å². The molecule has 1 unspecified atom stereocenters. The summed E-state index contributed by atoms with van der Waals surface area (Å²) in [7, 11) is -4.24. The summed E-state index contributed by atoms with van der Waals surface area (Å²) in [6.45, 7) is -0.0953. The summed E-state index contributed by atoms with van der Waals surface area (Å²) in [5.74, 6) is -0.298. The summed E-state index contributed by atoms with van der Waals surface area (Å²) >= 11 is 0.458. The highest BCUT2D eigenvalue weighted by Gasteiger charge is 2.71. The molecule has 0 spiro atoms. The second-order valence-electron chi connectivity index (χ2n) is 10.5. The van der Waals surface area contributed by atoms with Crippen molar-refractivity contribution in [3.8, 4) is 0 Å². The van der Waals surface area contributed by atoms with Gasteiger partial charge in [-0.15, -0.1) is 0 Å². The molecule has 5 rings (SSSR count). The zero-order chi connectivity index (χ0) is 32.2. The molecule has 13 nitrogen and oxygen atoms in total. The third-order valence-corrected chi connectivity index (χ3v) is 11.2. The Morgan fingerprint density at radius 1 is 1.05 bits per heavy atom. The average Bonchev–Trinajstić information content (AvgIpc) is 3.44. The van der Waals surface area contributed by atoms with Crippen LogP contribution in [0.25, 0.3) is 0 Å². The average molecular weight is 675 g/mol. The number of nitro groups is 1. The van der Waals surface area contributed by atoms with Gasteiger partial charge >= 0.3 is 17.4 Å². The highest BCUT2D eigenvalue weighted by Crippen LogP contribution is 2.49. The molecule has 0 saturated carbocycles. The maximum atomic E-state index is 13.4. The number of piperidine rings is 1. The van der Waals surface area contributed by atoms with Crippen molar-refractivity contribution < 1.29 is 54.3 Å². The normalized spacial score (nSPS) is 24.5. The van der Waals surface area contributed by atoms with Gasteiger partial charge in [0.15, 0.2) is 0 Å². The Bertz CT molecular complexity index is 1490. The fraction of sp³-hybridized carbons (Fsp3) is 0.609. The molecule has 3 saturated heterocycles. The molecule has 1 N–H and O–H groups in total. The van der Waals surface area contributed by atoms with Crippen LogP contribution >= 0.6 is 11.3 Å². The molecule has 2 bridgehead atoms. The molecule has 2 aromatic heterocycles. The van der Waals surface area contributed by atoms with Crippen LogP contribution in [0, 0.1) is 10.1 Å². The number of alkyl halides is 6. The minimum absolute atomic E-state index is 0.0179. The minimum Gasteiger partial charge on any atom is -0.378 e. The quantitative estimate of drug-likeness (QED) is 0.260. The lowest BCUT2D eigenvalue weighted by Crippen LogP contribution is -2.64. The predicted molar refractivity (Wildman–Crippen MR) is 138 cm³/mol. The van der Waals surface area contributed by atoms with Gasteiger partial charge in [-0.25, -0.2) is 18.4 Å². The molecular weight excluding hydrogens is 650 g/mol. The van der Waals surface area contributed by atoms with Gasteiger partial charge in [-0.05, 0) is 17.4 Å². The Hall–Kier alpha value is -2.98. The van der Waals surface area contributed by atoms with Crippen LogP contribution in [0.5, 0.6) is 0 Å². The van der Waals surface area contributed by atoms with Gasteiger partial charge in [0.2, 0.25) is 5.95 Å². The SMILES string of the molecule is O=C1CC2COC[C@H](C1)N2C[C@H]1CN(S(=O)(=O)c2ccc([N+](=O)[O-])s2)CCN1c1ncc(C(O)(C(F)(F)F)C(F)(F)F)cn1. The highest BCUT2D eigenvalue weighted by atomic mass is 32.2. The molecule has 0 aliphatic carbocycles. The number of hydrogen-bond donors (Lipinski definition) is 1. The van der Waals surface area contributed by atoms with Gasteiger partial charge in [-0.2, -0.15) is 30.6 Å². The van der Waals surface area contributed by atoms with Gasteiger partial charge in [0.1, 0.15) is 9.99 Å². The number of sulfonamides is 1. The van der Waals surface area contributed by atoms with Crippen LogP contribution in [0.2, 0.25) is 0 Å². The number of carbonyl (C=O) groups excluding carboxylic acids is 1. The first-order chi connectivity index (χ1) is 20.4. The Morgan fingerprint density at radius 2 is 1.64 bits per heavy atom. The summed E-state index contributed by atoms with van der Waals surface area (Å²) in [4.78, 5) is 33.4. The molecule has 0 aromatic carbocycles. The van der Waals surface area contributed by atoms with Crippen LogP contribution in [0.15, 0.2) is 28.7 Å². The number of aromatic nitrogens is 2. The summed E-state index contributed by atoms with van der Waals surface area (Å²) in [6, 6.07) is 0.637. The highest BCUT2D eigenvalue weighted by molar-refractivity contribution is 7.91. The van der Waals surface area contributed by atoms with E-state index in [0.717, 1.165) is 16.4 Å². The van der Waals surface area contributed by atoms with Crippen molar-refractivity contribution in [1.29, 1.82) is 0 Å². The molecule has 242 valence electrons. The molecule has 0 radical (unpaired) electrons. The molecular formula is C23H24F6N6O7S2. The van der Waals surface area contributed by atoms with E-state index < -0.39 is 49.5 Å². The molecule has 0 amide bonds. The second-order valence-corrected chi connectivity index (χ2v) is 13.8. The van der Waals surface area contributed by atoms with Gasteiger partial charge in [-0.1, -0.05) is 0 Å². The molecule has 3 aliphatic rings. The van der Waals surface area contributed by atoms with Gasteiger partial charge in [0.25, 0.3) is 15.6 Å². The fourth-order valence-electron chi connectivity index (χ4n) is 5.62. The maximum absolute atomic E-state index is 13.4. The van der Waals surface area contributed by atoms with Gasteiger partial charge in [0, 0.05) is 75.1 Å². The summed E-state index contributed by atoms with van der Waals surface area (Å²) in [5.41, 5.74) is -6.88. The number of rotatable bonds is 7. The number of nitrogens with zero attached hydrogens (tertiary/aromatic N) is 6. The molecule has 2 aromatic rings. The maximum Gasteiger partial charge on any atom is 0.430 e. The van der Waals surface area contributed by atoms with Crippen molar-refractivity contribution in [3.63, 3.8) is 0 Å². The lowest BCUT2D eigenvalue weighted by molar-refractivity contribution is -0.380. The first-order valence-corrected chi connectivity index (χ1v) is 15.2. The number of ketones is 1. The lowest BCUT2D eigenvalue weighted by Gasteiger charge is -2.49. The van der Waals surface area contributed by atoms with Crippen LogP contribution in [0.4, 0.5) is 37.3 Å². The van der Waals surface area contributed by atoms with Gasteiger partial charge in [0.05, 0.1) is 24.2 Å². The molecule has 44 heavy (non-hydrogen) atoms. The zero-order valence-electron chi connectivity index (χ0n) is 22.4. The zero-order valence-corrected chi connectivity index (χ0v) is 24.0. The Labute approximate surface area is 249 Å². The number of anilines is 1. The van der Waals surface area contributed by atoms with E-state index in [-0.39, 0.29) is 92.7 Å². The van der Waals surface area contributed by atoms with E-state index in [9.17, 15) is 54.8 Å². The van der Waals surface area contributed by atoms with Crippen LogP contribution in [0.1, 0.15) is 18.4 Å². The first-order valence-electron chi connectivity index (χ1n) is 13.0. The van der Waals surface area contributed by atoms with Crippen molar-refractivity contribution >= 4 is 38.1 Å². The number of carbonyl (C=O) groups is 1. The summed E-state index contributed by atoms with van der Waals surface area (Å²) in [5, 5.41) is 20.4. The third kappa shape index (κ3) is 5.75. The van der Waals surface area contributed by atoms with E-state index >= 15 is 0 Å². The molecule has 21 heteroatoms. The molecule has 5 heterocycles. The number of halogens is 6. The number of Topliss-reactive ketones (excluding diaryl/α,β-unsaturated/α-hetero) is 1. The van der Waals surface area contributed by atoms with Crippen LogP contribution < -0.4 is 4.90 Å². The number of ether oxygens (including phenoxy) is 1. The number of piperazine rings is 1. The number of thiophene rings is 1. The van der Waals surface area contributed by atoms with Crippen molar-refractivity contribution in [2.24, 2.45) is 0 Å². The molecule has 3 atom stereocenters. The molecule has 3 fully saturated rings. The van der Waals surface area contributed by atoms with Gasteiger partial charge in [-0.3, -0.25) is 19.8 Å². The molecule has 3 aliphatic heterocycles.